The van der Waals surface area contributed by atoms with Gasteiger partial charge in [-0.3, -0.25) is 9.36 Å². The molecule has 0 aliphatic rings. The van der Waals surface area contributed by atoms with Gasteiger partial charge in [-0.1, -0.05) is 60.7 Å². The number of rotatable bonds is 6. The maximum absolute atomic E-state index is 14.6. The zero-order valence-corrected chi connectivity index (χ0v) is 17.6. The number of hydrogen-bond acceptors (Lipinski definition) is 5. The topological polar surface area (TPSA) is 70.4 Å². The minimum absolute atomic E-state index is 0.380. The number of hydrogen-bond donors (Lipinski definition) is 0. The van der Waals surface area contributed by atoms with Gasteiger partial charge < -0.3 is 9.47 Å². The van der Waals surface area contributed by atoms with E-state index in [1.165, 1.54) is 7.05 Å². The molecule has 0 radical (unpaired) electrons. The van der Waals surface area contributed by atoms with Crippen molar-refractivity contribution in [3.8, 4) is 5.75 Å². The largest absolute Gasteiger partial charge is 0.489 e. The summed E-state index contributed by atoms with van der Waals surface area (Å²) in [7, 11) is 3.33. The standard InChI is InChI=1S/C23H21F3N2O4/c1-28-20(27-18(22(30)32-3)19(31-2)21(28)29)17(23(24,25)26)16(14-10-6-4-7-11-14)15-12-8-5-9-13-15/h4-13,16-17H,1-3H3. The highest BCUT2D eigenvalue weighted by Gasteiger charge is 2.49. The van der Waals surface area contributed by atoms with Crippen molar-refractivity contribution in [2.24, 2.45) is 7.05 Å². The van der Waals surface area contributed by atoms with Crippen LogP contribution in [0.1, 0.15) is 39.3 Å². The maximum atomic E-state index is 14.6. The number of carbonyl (C=O) groups excluding carboxylic acids is 1. The van der Waals surface area contributed by atoms with Gasteiger partial charge in [0.1, 0.15) is 11.7 Å². The van der Waals surface area contributed by atoms with Crippen LogP contribution in [0.3, 0.4) is 0 Å². The second-order valence-corrected chi connectivity index (χ2v) is 7.03. The van der Waals surface area contributed by atoms with Crippen LogP contribution in [0.25, 0.3) is 0 Å². The molecule has 1 aromatic heterocycles. The Morgan fingerprint density at radius 2 is 1.47 bits per heavy atom. The molecule has 3 rings (SSSR count). The van der Waals surface area contributed by atoms with Crippen LogP contribution in [0.5, 0.6) is 5.75 Å². The molecule has 6 nitrogen and oxygen atoms in total. The molecule has 2 aromatic carbocycles. The number of nitrogens with zero attached hydrogens (tertiary/aromatic N) is 2. The first-order chi connectivity index (χ1) is 15.2. The highest BCUT2D eigenvalue weighted by atomic mass is 19.4. The molecule has 0 aliphatic carbocycles. The fraction of sp³-hybridized carbons (Fsp3) is 0.261. The Kier molecular flexibility index (Phi) is 6.67. The van der Waals surface area contributed by atoms with Crippen molar-refractivity contribution in [1.82, 2.24) is 9.55 Å². The van der Waals surface area contributed by atoms with E-state index in [2.05, 4.69) is 9.72 Å². The fourth-order valence-electron chi connectivity index (χ4n) is 3.68. The number of benzene rings is 2. The first-order valence-electron chi connectivity index (χ1n) is 9.60. The van der Waals surface area contributed by atoms with Crippen molar-refractivity contribution in [3.05, 3.63) is 93.7 Å². The number of aromatic nitrogens is 2. The minimum atomic E-state index is -4.81. The van der Waals surface area contributed by atoms with Crippen LogP contribution >= 0.6 is 0 Å². The number of halogens is 3. The van der Waals surface area contributed by atoms with E-state index in [0.29, 0.717) is 11.1 Å². The van der Waals surface area contributed by atoms with Gasteiger partial charge in [-0.25, -0.2) is 9.78 Å². The summed E-state index contributed by atoms with van der Waals surface area (Å²) in [5.41, 5.74) is -0.773. The Morgan fingerprint density at radius 3 is 1.88 bits per heavy atom. The monoisotopic (exact) mass is 446 g/mol. The van der Waals surface area contributed by atoms with Crippen molar-refractivity contribution in [2.45, 2.75) is 18.0 Å². The Bertz CT molecular complexity index is 1110. The summed E-state index contributed by atoms with van der Waals surface area (Å²) in [6.45, 7) is 0. The van der Waals surface area contributed by atoms with E-state index >= 15 is 0 Å². The molecule has 0 N–H and O–H groups in total. The van der Waals surface area contributed by atoms with Crippen LogP contribution < -0.4 is 10.3 Å². The van der Waals surface area contributed by atoms with Crippen LogP contribution in [-0.4, -0.2) is 35.9 Å². The molecule has 3 aromatic rings. The third kappa shape index (κ3) is 4.37. The van der Waals surface area contributed by atoms with Gasteiger partial charge in [0.2, 0.25) is 5.75 Å². The Balaban J connectivity index is 2.37. The van der Waals surface area contributed by atoms with Gasteiger partial charge in [0.25, 0.3) is 5.56 Å². The quantitative estimate of drug-likeness (QED) is 0.535. The predicted octanol–water partition coefficient (Wildman–Crippen LogP) is 4.05. The van der Waals surface area contributed by atoms with Gasteiger partial charge in [0.05, 0.1) is 14.2 Å². The van der Waals surface area contributed by atoms with E-state index in [1.807, 2.05) is 0 Å². The van der Waals surface area contributed by atoms with Crippen LogP contribution in [-0.2, 0) is 11.8 Å². The lowest BCUT2D eigenvalue weighted by atomic mass is 9.79. The summed E-state index contributed by atoms with van der Waals surface area (Å²) < 4.78 is 54.2. The summed E-state index contributed by atoms with van der Waals surface area (Å²) in [4.78, 5) is 29.0. The van der Waals surface area contributed by atoms with Crippen LogP contribution in [0.2, 0.25) is 0 Å². The van der Waals surface area contributed by atoms with Gasteiger partial charge in [-0.05, 0) is 11.1 Å². The van der Waals surface area contributed by atoms with E-state index in [4.69, 9.17) is 4.74 Å². The Morgan fingerprint density at radius 1 is 0.969 bits per heavy atom. The van der Waals surface area contributed by atoms with Gasteiger partial charge in [-0.2, -0.15) is 13.2 Å². The first-order valence-corrected chi connectivity index (χ1v) is 9.60. The Labute approximate surface area is 182 Å². The summed E-state index contributed by atoms with van der Waals surface area (Å²) in [6.07, 6.45) is -4.81. The third-order valence-electron chi connectivity index (χ3n) is 5.15. The maximum Gasteiger partial charge on any atom is 0.399 e. The SMILES string of the molecule is COC(=O)c1nc(C(C(c2ccccc2)c2ccccc2)C(F)(F)F)n(C)c(=O)c1OC. The molecule has 0 amide bonds. The molecule has 0 spiro atoms. The molecule has 0 bridgehead atoms. The van der Waals surface area contributed by atoms with Crippen LogP contribution in [0.15, 0.2) is 65.5 Å². The van der Waals surface area contributed by atoms with Crippen LogP contribution in [0.4, 0.5) is 13.2 Å². The van der Waals surface area contributed by atoms with E-state index in [9.17, 15) is 22.8 Å². The molecule has 0 aliphatic heterocycles. The molecule has 9 heteroatoms. The lowest BCUT2D eigenvalue weighted by Crippen LogP contribution is -2.36. The molecule has 1 heterocycles. The minimum Gasteiger partial charge on any atom is -0.489 e. The number of carbonyl (C=O) groups is 1. The molecule has 1 atom stereocenters. The van der Waals surface area contributed by atoms with Crippen molar-refractivity contribution in [3.63, 3.8) is 0 Å². The molecule has 1 unspecified atom stereocenters. The summed E-state index contributed by atoms with van der Waals surface area (Å²) in [5, 5.41) is 0. The van der Waals surface area contributed by atoms with Crippen molar-refractivity contribution < 1.29 is 27.4 Å². The van der Waals surface area contributed by atoms with E-state index < -0.39 is 46.8 Å². The van der Waals surface area contributed by atoms with Crippen molar-refractivity contribution in [1.29, 1.82) is 0 Å². The van der Waals surface area contributed by atoms with Gasteiger partial charge >= 0.3 is 12.1 Å². The van der Waals surface area contributed by atoms with Crippen molar-refractivity contribution >= 4 is 5.97 Å². The lowest BCUT2D eigenvalue weighted by molar-refractivity contribution is -0.156. The summed E-state index contributed by atoms with van der Waals surface area (Å²) in [5.74, 6) is -5.65. The highest BCUT2D eigenvalue weighted by Crippen LogP contribution is 2.47. The van der Waals surface area contributed by atoms with E-state index in [1.54, 1.807) is 60.7 Å². The molecule has 0 fully saturated rings. The third-order valence-corrected chi connectivity index (χ3v) is 5.15. The van der Waals surface area contributed by atoms with Crippen LogP contribution in [0, 0.1) is 0 Å². The first kappa shape index (κ1) is 23.1. The molecule has 0 saturated carbocycles. The number of methoxy groups -OCH3 is 2. The molecule has 0 saturated heterocycles. The zero-order chi connectivity index (χ0) is 23.5. The second-order valence-electron chi connectivity index (χ2n) is 7.03. The lowest BCUT2D eigenvalue weighted by Gasteiger charge is -2.31. The molecule has 32 heavy (non-hydrogen) atoms. The predicted molar refractivity (Wildman–Crippen MR) is 111 cm³/mol. The summed E-state index contributed by atoms with van der Waals surface area (Å²) in [6, 6.07) is 16.3. The zero-order valence-electron chi connectivity index (χ0n) is 17.6. The Hall–Kier alpha value is -3.62. The molecular weight excluding hydrogens is 425 g/mol. The van der Waals surface area contributed by atoms with Crippen molar-refractivity contribution in [2.75, 3.05) is 14.2 Å². The average Bonchev–Trinajstić information content (AvgIpc) is 2.79. The van der Waals surface area contributed by atoms with Gasteiger partial charge in [0.15, 0.2) is 5.69 Å². The van der Waals surface area contributed by atoms with Gasteiger partial charge in [-0.15, -0.1) is 0 Å². The number of ether oxygens (including phenoxy) is 2. The average molecular weight is 446 g/mol. The fourth-order valence-corrected chi connectivity index (χ4v) is 3.68. The summed E-state index contributed by atoms with van der Waals surface area (Å²) >= 11 is 0. The number of alkyl halides is 3. The number of esters is 1. The van der Waals surface area contributed by atoms with E-state index in [0.717, 1.165) is 18.8 Å². The molecular formula is C23H21F3N2O4. The second kappa shape index (κ2) is 9.25. The van der Waals surface area contributed by atoms with E-state index in [-0.39, 0.29) is 0 Å². The van der Waals surface area contributed by atoms with Gasteiger partial charge in [0, 0.05) is 13.0 Å². The molecule has 168 valence electrons. The highest BCUT2D eigenvalue weighted by molar-refractivity contribution is 5.90. The smallest absolute Gasteiger partial charge is 0.399 e. The normalized spacial score (nSPS) is 12.5.